The van der Waals surface area contributed by atoms with Crippen LogP contribution in [-0.2, 0) is 17.8 Å². The van der Waals surface area contributed by atoms with Crippen LogP contribution >= 0.6 is 0 Å². The van der Waals surface area contributed by atoms with Crippen molar-refractivity contribution in [3.05, 3.63) is 119 Å². The number of halogens is 2. The molecule has 1 aliphatic carbocycles. The number of nitrogens with zero attached hydrogens (tertiary/aromatic N) is 3. The predicted molar refractivity (Wildman–Crippen MR) is 163 cm³/mol. The maximum Gasteiger partial charge on any atom is 0.163 e. The lowest BCUT2D eigenvalue weighted by Gasteiger charge is -2.20. The third kappa shape index (κ3) is 6.61. The first-order chi connectivity index (χ1) is 20.7. The van der Waals surface area contributed by atoms with Gasteiger partial charge in [0.2, 0.25) is 0 Å². The van der Waals surface area contributed by atoms with E-state index in [0.29, 0.717) is 29.2 Å². The zero-order chi connectivity index (χ0) is 30.1. The van der Waals surface area contributed by atoms with Gasteiger partial charge >= 0.3 is 0 Å². The molecular weight excluding hydrogens is 544 g/mol. The molecule has 0 N–H and O–H groups in total. The summed E-state index contributed by atoms with van der Waals surface area (Å²) < 4.78 is 30.2. The van der Waals surface area contributed by atoms with Gasteiger partial charge < -0.3 is 4.57 Å². The average molecular weight is 578 g/mol. The van der Waals surface area contributed by atoms with Gasteiger partial charge in [0.1, 0.15) is 11.6 Å². The minimum atomic E-state index is -0.668. The molecule has 6 rings (SSSR count). The van der Waals surface area contributed by atoms with Crippen molar-refractivity contribution in [3.8, 4) is 11.1 Å². The lowest BCUT2D eigenvalue weighted by atomic mass is 9.86. The molecule has 43 heavy (non-hydrogen) atoms. The third-order valence-corrected chi connectivity index (χ3v) is 8.35. The summed E-state index contributed by atoms with van der Waals surface area (Å²) >= 11 is 0. The van der Waals surface area contributed by atoms with Crippen LogP contribution in [0.15, 0.2) is 79.3 Å². The van der Waals surface area contributed by atoms with Crippen molar-refractivity contribution in [1.29, 1.82) is 0 Å². The van der Waals surface area contributed by atoms with Gasteiger partial charge in [0.05, 0.1) is 29.6 Å². The Hall–Kier alpha value is -4.52. The summed E-state index contributed by atoms with van der Waals surface area (Å²) in [5.74, 6) is -1.25. The standard InChI is InChI=1S/C36H33F2N3O2/c1-22-11-33-34(12-23(22)2)41(21-40-33)20-31(42)18-28(13-25-14-29(37)19-30(38)15-25)36-32(7-4-10-39-36)26-5-3-6-27(17-26)35(43)16-24-8-9-24/h3-7,10-12,14-15,17,19,21,24,28H,8-9,13,16,18,20H2,1-2H3/t28-/m1/s1. The van der Waals surface area contributed by atoms with Crippen LogP contribution in [0.1, 0.15) is 64.3 Å². The Morgan fingerprint density at radius 2 is 1.70 bits per heavy atom. The number of ketones is 2. The molecule has 0 unspecified atom stereocenters. The Labute approximate surface area is 249 Å². The molecule has 0 spiro atoms. The maximum absolute atomic E-state index is 14.2. The van der Waals surface area contributed by atoms with E-state index in [0.717, 1.165) is 52.2 Å². The second kappa shape index (κ2) is 12.0. The number of pyridine rings is 1. The molecule has 7 heteroatoms. The molecule has 1 atom stereocenters. The van der Waals surface area contributed by atoms with Gasteiger partial charge in [0.25, 0.3) is 0 Å². The van der Waals surface area contributed by atoms with E-state index in [1.54, 1.807) is 12.5 Å². The summed E-state index contributed by atoms with van der Waals surface area (Å²) in [7, 11) is 0. The Morgan fingerprint density at radius 3 is 2.47 bits per heavy atom. The van der Waals surface area contributed by atoms with E-state index < -0.39 is 17.6 Å². The van der Waals surface area contributed by atoms with E-state index >= 15 is 0 Å². The third-order valence-electron chi connectivity index (χ3n) is 8.35. The molecule has 0 bridgehead atoms. The molecule has 0 amide bonds. The first-order valence-corrected chi connectivity index (χ1v) is 14.7. The van der Waals surface area contributed by atoms with Gasteiger partial charge in [-0.05, 0) is 97.7 Å². The van der Waals surface area contributed by atoms with Crippen LogP contribution in [0.25, 0.3) is 22.2 Å². The summed E-state index contributed by atoms with van der Waals surface area (Å²) in [5.41, 5.74) is 7.30. The fraction of sp³-hybridized carbons (Fsp3) is 0.278. The number of fused-ring (bicyclic) bond motifs is 1. The first-order valence-electron chi connectivity index (χ1n) is 14.7. The Bertz CT molecular complexity index is 1820. The molecule has 218 valence electrons. The number of aromatic nitrogens is 3. The van der Waals surface area contributed by atoms with Gasteiger partial charge in [-0.3, -0.25) is 14.6 Å². The molecule has 0 saturated heterocycles. The van der Waals surface area contributed by atoms with Crippen LogP contribution in [-0.4, -0.2) is 26.1 Å². The number of aryl methyl sites for hydroxylation is 2. The number of Topliss-reactive ketones (excluding diaryl/α,β-unsaturated/α-hetero) is 2. The van der Waals surface area contributed by atoms with Gasteiger partial charge in [-0.1, -0.05) is 24.3 Å². The minimum Gasteiger partial charge on any atom is -0.323 e. The zero-order valence-corrected chi connectivity index (χ0v) is 24.3. The highest BCUT2D eigenvalue weighted by Gasteiger charge is 2.26. The van der Waals surface area contributed by atoms with E-state index in [9.17, 15) is 18.4 Å². The second-order valence-corrected chi connectivity index (χ2v) is 11.8. The number of rotatable bonds is 11. The maximum atomic E-state index is 14.2. The SMILES string of the molecule is Cc1cc2ncn(CC(=O)C[C@@H](Cc3cc(F)cc(F)c3)c3ncccc3-c3cccc(C(=O)CC4CC4)c3)c2cc1C. The number of imidazole rings is 1. The number of benzene rings is 3. The highest BCUT2D eigenvalue weighted by Crippen LogP contribution is 2.36. The summed E-state index contributed by atoms with van der Waals surface area (Å²) in [6, 6.07) is 18.7. The average Bonchev–Trinajstić information content (AvgIpc) is 3.72. The van der Waals surface area contributed by atoms with Crippen LogP contribution in [0.5, 0.6) is 0 Å². The highest BCUT2D eigenvalue weighted by atomic mass is 19.1. The van der Waals surface area contributed by atoms with Crippen LogP contribution in [0, 0.1) is 31.4 Å². The summed E-state index contributed by atoms with van der Waals surface area (Å²) in [6.45, 7) is 4.17. The lowest BCUT2D eigenvalue weighted by molar-refractivity contribution is -0.120. The molecule has 1 aliphatic rings. The minimum absolute atomic E-state index is 0.0515. The summed E-state index contributed by atoms with van der Waals surface area (Å²) in [5, 5.41) is 0. The van der Waals surface area contributed by atoms with E-state index in [4.69, 9.17) is 4.98 Å². The molecule has 0 aliphatic heterocycles. The van der Waals surface area contributed by atoms with Crippen molar-refractivity contribution in [3.63, 3.8) is 0 Å². The van der Waals surface area contributed by atoms with Gasteiger partial charge in [0.15, 0.2) is 11.6 Å². The quantitative estimate of drug-likeness (QED) is 0.149. The Balaban J connectivity index is 1.33. The molecule has 1 fully saturated rings. The number of hydrogen-bond acceptors (Lipinski definition) is 4. The van der Waals surface area contributed by atoms with Gasteiger partial charge in [-0.15, -0.1) is 0 Å². The van der Waals surface area contributed by atoms with E-state index in [1.165, 1.54) is 12.1 Å². The lowest BCUT2D eigenvalue weighted by Crippen LogP contribution is -2.17. The fourth-order valence-corrected chi connectivity index (χ4v) is 5.80. The fourth-order valence-electron chi connectivity index (χ4n) is 5.80. The molecule has 0 radical (unpaired) electrons. The molecule has 3 aromatic carbocycles. The van der Waals surface area contributed by atoms with Crippen molar-refractivity contribution in [2.45, 2.75) is 58.4 Å². The molecule has 2 aromatic heterocycles. The first kappa shape index (κ1) is 28.6. The smallest absolute Gasteiger partial charge is 0.163 e. The second-order valence-electron chi connectivity index (χ2n) is 11.8. The van der Waals surface area contributed by atoms with Crippen molar-refractivity contribution >= 4 is 22.6 Å². The van der Waals surface area contributed by atoms with E-state index in [2.05, 4.69) is 4.98 Å². The molecule has 1 saturated carbocycles. The molecule has 2 heterocycles. The summed E-state index contributed by atoms with van der Waals surface area (Å²) in [4.78, 5) is 35.7. The predicted octanol–water partition coefficient (Wildman–Crippen LogP) is 7.96. The summed E-state index contributed by atoms with van der Waals surface area (Å²) in [6.07, 6.45) is 6.41. The van der Waals surface area contributed by atoms with Crippen molar-refractivity contribution in [2.75, 3.05) is 0 Å². The largest absolute Gasteiger partial charge is 0.323 e. The van der Waals surface area contributed by atoms with E-state index in [1.807, 2.05) is 66.9 Å². The van der Waals surface area contributed by atoms with Gasteiger partial charge in [0, 0.05) is 42.1 Å². The molecule has 5 aromatic rings. The van der Waals surface area contributed by atoms with Crippen molar-refractivity contribution in [2.24, 2.45) is 5.92 Å². The van der Waals surface area contributed by atoms with Gasteiger partial charge in [-0.25, -0.2) is 13.8 Å². The topological polar surface area (TPSA) is 64.8 Å². The highest BCUT2D eigenvalue weighted by molar-refractivity contribution is 5.97. The number of carbonyl (C=O) groups is 2. The Morgan fingerprint density at radius 1 is 0.930 bits per heavy atom. The molecule has 5 nitrogen and oxygen atoms in total. The number of hydrogen-bond donors (Lipinski definition) is 0. The van der Waals surface area contributed by atoms with Gasteiger partial charge in [-0.2, -0.15) is 0 Å². The van der Waals surface area contributed by atoms with Crippen molar-refractivity contribution in [1.82, 2.24) is 14.5 Å². The Kier molecular flexibility index (Phi) is 7.98. The van der Waals surface area contributed by atoms with Crippen LogP contribution < -0.4 is 0 Å². The van der Waals surface area contributed by atoms with Crippen LogP contribution in [0.2, 0.25) is 0 Å². The molecular formula is C36H33F2N3O2. The normalized spacial score (nSPS) is 13.8. The van der Waals surface area contributed by atoms with Crippen LogP contribution in [0.3, 0.4) is 0 Å². The monoisotopic (exact) mass is 577 g/mol. The zero-order valence-electron chi connectivity index (χ0n) is 24.3. The number of carbonyl (C=O) groups excluding carboxylic acids is 2. The van der Waals surface area contributed by atoms with Crippen molar-refractivity contribution < 1.29 is 18.4 Å². The van der Waals surface area contributed by atoms with Crippen LogP contribution in [0.4, 0.5) is 8.78 Å². The van der Waals surface area contributed by atoms with E-state index in [-0.39, 0.29) is 31.0 Å².